The van der Waals surface area contributed by atoms with Crippen LogP contribution in [-0.2, 0) is 15.6 Å². The van der Waals surface area contributed by atoms with E-state index in [1.807, 2.05) is 12.1 Å². The van der Waals surface area contributed by atoms with Crippen molar-refractivity contribution in [1.82, 2.24) is 0 Å². The lowest BCUT2D eigenvalue weighted by Crippen LogP contribution is -2.44. The molecule has 160 valence electrons. The van der Waals surface area contributed by atoms with Crippen molar-refractivity contribution in [2.24, 2.45) is 17.8 Å². The number of methoxy groups -OCH3 is 1. The molecule has 0 N–H and O–H groups in total. The highest BCUT2D eigenvalue weighted by Gasteiger charge is 2.37. The lowest BCUT2D eigenvalue weighted by atomic mass is 9.75. The van der Waals surface area contributed by atoms with Crippen molar-refractivity contribution in [3.05, 3.63) is 29.8 Å². The molecule has 3 nitrogen and oxygen atoms in total. The molecule has 4 heteroatoms. The third-order valence-corrected chi connectivity index (χ3v) is 11.6. The highest BCUT2D eigenvalue weighted by molar-refractivity contribution is 6.73. The lowest BCUT2D eigenvalue weighted by molar-refractivity contribution is -0.110. The molecule has 1 aromatic carbocycles. The Hall–Kier alpha value is -1.13. The number of benzene rings is 1. The second-order valence-electron chi connectivity index (χ2n) is 8.26. The van der Waals surface area contributed by atoms with E-state index in [0.717, 1.165) is 43.0 Å². The molecule has 0 saturated heterocycles. The molecule has 0 bridgehead atoms. The zero-order valence-corrected chi connectivity index (χ0v) is 20.2. The minimum atomic E-state index is -1.75. The van der Waals surface area contributed by atoms with Gasteiger partial charge in [0.25, 0.3) is 0 Å². The van der Waals surface area contributed by atoms with Gasteiger partial charge in [0, 0.05) is 6.42 Å². The Labute approximate surface area is 174 Å². The standard InChI is InChI=1S/C24H42O3Si/c1-8-19(5)23(18-21-12-14-22(26-7)15-13-21)20(6)24(16-17-25)27-28(9-2,10-3)11-4/h12-15,17,19-20,23-24H,8-11,16,18H2,1-7H3/t19-,20+,23-,24-/m0/s1. The van der Waals surface area contributed by atoms with Gasteiger partial charge in [-0.05, 0) is 60.0 Å². The molecule has 1 aromatic rings. The zero-order chi connectivity index (χ0) is 21.2. The van der Waals surface area contributed by atoms with Gasteiger partial charge in [-0.25, -0.2) is 0 Å². The summed E-state index contributed by atoms with van der Waals surface area (Å²) in [5.41, 5.74) is 1.33. The summed E-state index contributed by atoms with van der Waals surface area (Å²) in [6.07, 6.45) is 3.74. The first-order valence-corrected chi connectivity index (χ1v) is 13.7. The van der Waals surface area contributed by atoms with Gasteiger partial charge in [-0.2, -0.15) is 0 Å². The zero-order valence-electron chi connectivity index (χ0n) is 19.2. The summed E-state index contributed by atoms with van der Waals surface area (Å²) in [6, 6.07) is 11.8. The molecule has 0 aromatic heterocycles. The van der Waals surface area contributed by atoms with E-state index in [-0.39, 0.29) is 6.10 Å². The third kappa shape index (κ3) is 6.73. The highest BCUT2D eigenvalue weighted by Crippen LogP contribution is 2.35. The highest BCUT2D eigenvalue weighted by atomic mass is 28.4. The lowest BCUT2D eigenvalue weighted by Gasteiger charge is -2.40. The van der Waals surface area contributed by atoms with Gasteiger partial charge < -0.3 is 14.0 Å². The van der Waals surface area contributed by atoms with Crippen LogP contribution in [0.2, 0.25) is 18.1 Å². The van der Waals surface area contributed by atoms with E-state index in [1.165, 1.54) is 5.56 Å². The van der Waals surface area contributed by atoms with E-state index in [2.05, 4.69) is 53.7 Å². The number of hydrogen-bond acceptors (Lipinski definition) is 3. The van der Waals surface area contributed by atoms with Gasteiger partial charge in [-0.1, -0.05) is 60.1 Å². The average molecular weight is 407 g/mol. The maximum absolute atomic E-state index is 11.5. The summed E-state index contributed by atoms with van der Waals surface area (Å²) in [4.78, 5) is 11.5. The first-order valence-electron chi connectivity index (χ1n) is 11.1. The summed E-state index contributed by atoms with van der Waals surface area (Å²) < 4.78 is 12.1. The minimum absolute atomic E-state index is 0.0289. The quantitative estimate of drug-likeness (QED) is 0.261. The SMILES string of the molecule is CC[C@H](C)[C@H](Cc1ccc(OC)cc1)[C@@H](C)[C@H](CC=O)O[Si](CC)(CC)CC. The summed E-state index contributed by atoms with van der Waals surface area (Å²) in [5.74, 6) is 2.30. The Kier molecular flexibility index (Phi) is 11.1. The van der Waals surface area contributed by atoms with Crippen molar-refractivity contribution in [1.29, 1.82) is 0 Å². The first kappa shape index (κ1) is 24.9. The minimum Gasteiger partial charge on any atom is -0.497 e. The maximum Gasteiger partial charge on any atom is 0.192 e. The van der Waals surface area contributed by atoms with Crippen molar-refractivity contribution in [3.8, 4) is 5.75 Å². The van der Waals surface area contributed by atoms with Crippen molar-refractivity contribution >= 4 is 14.6 Å². The molecular formula is C24H42O3Si. The Balaban J connectivity index is 3.08. The van der Waals surface area contributed by atoms with E-state index < -0.39 is 8.32 Å². The number of ether oxygens (including phenoxy) is 1. The predicted molar refractivity (Wildman–Crippen MR) is 122 cm³/mol. The maximum atomic E-state index is 11.5. The van der Waals surface area contributed by atoms with Crippen LogP contribution in [0.5, 0.6) is 5.75 Å². The van der Waals surface area contributed by atoms with Crippen LogP contribution in [0.25, 0.3) is 0 Å². The number of hydrogen-bond donors (Lipinski definition) is 0. The normalized spacial score (nSPS) is 16.2. The van der Waals surface area contributed by atoms with Gasteiger partial charge in [0.1, 0.15) is 12.0 Å². The van der Waals surface area contributed by atoms with E-state index in [1.54, 1.807) is 7.11 Å². The molecule has 1 rings (SSSR count). The van der Waals surface area contributed by atoms with E-state index in [4.69, 9.17) is 9.16 Å². The van der Waals surface area contributed by atoms with Crippen LogP contribution in [0.15, 0.2) is 24.3 Å². The molecule has 0 unspecified atom stereocenters. The average Bonchev–Trinajstić information content (AvgIpc) is 2.74. The van der Waals surface area contributed by atoms with Crippen LogP contribution in [0, 0.1) is 17.8 Å². The topological polar surface area (TPSA) is 35.5 Å². The molecule has 28 heavy (non-hydrogen) atoms. The second kappa shape index (κ2) is 12.4. The summed E-state index contributed by atoms with van der Waals surface area (Å²) in [5, 5.41) is 0. The molecule has 0 heterocycles. The predicted octanol–water partition coefficient (Wildman–Crippen LogP) is 6.52. The number of rotatable bonds is 14. The first-order chi connectivity index (χ1) is 13.4. The molecule has 0 amide bonds. The molecule has 0 radical (unpaired) electrons. The number of carbonyl (C=O) groups excluding carboxylic acids is 1. The van der Waals surface area contributed by atoms with E-state index in [0.29, 0.717) is 24.2 Å². The molecule has 4 atom stereocenters. The summed E-state index contributed by atoms with van der Waals surface area (Å²) >= 11 is 0. The molecule has 0 saturated carbocycles. The number of aldehydes is 1. The smallest absolute Gasteiger partial charge is 0.192 e. The van der Waals surface area contributed by atoms with Gasteiger partial charge in [-0.15, -0.1) is 0 Å². The van der Waals surface area contributed by atoms with Crippen molar-refractivity contribution in [2.45, 2.75) is 85.0 Å². The van der Waals surface area contributed by atoms with Gasteiger partial charge in [0.15, 0.2) is 8.32 Å². The van der Waals surface area contributed by atoms with Crippen molar-refractivity contribution in [3.63, 3.8) is 0 Å². The van der Waals surface area contributed by atoms with Crippen LogP contribution in [0.4, 0.5) is 0 Å². The molecular weight excluding hydrogens is 364 g/mol. The molecule has 0 spiro atoms. The van der Waals surface area contributed by atoms with Gasteiger partial charge in [-0.3, -0.25) is 0 Å². The van der Waals surface area contributed by atoms with Gasteiger partial charge in [0.2, 0.25) is 0 Å². The van der Waals surface area contributed by atoms with E-state index in [9.17, 15) is 4.79 Å². The summed E-state index contributed by atoms with van der Waals surface area (Å²) in [7, 11) is -0.0510. The van der Waals surface area contributed by atoms with Crippen LogP contribution in [0.1, 0.15) is 59.9 Å². The monoisotopic (exact) mass is 406 g/mol. The fourth-order valence-electron chi connectivity index (χ4n) is 4.30. The van der Waals surface area contributed by atoms with Crippen molar-refractivity contribution < 1.29 is 14.0 Å². The largest absolute Gasteiger partial charge is 0.497 e. The van der Waals surface area contributed by atoms with Crippen LogP contribution in [-0.4, -0.2) is 27.8 Å². The Morgan fingerprint density at radius 2 is 1.57 bits per heavy atom. The Morgan fingerprint density at radius 3 is 2.00 bits per heavy atom. The molecule has 0 aliphatic carbocycles. The van der Waals surface area contributed by atoms with Crippen molar-refractivity contribution in [2.75, 3.05) is 7.11 Å². The van der Waals surface area contributed by atoms with E-state index >= 15 is 0 Å². The fraction of sp³-hybridized carbons (Fsp3) is 0.708. The van der Waals surface area contributed by atoms with Crippen LogP contribution < -0.4 is 4.74 Å². The second-order valence-corrected chi connectivity index (χ2v) is 13.0. The third-order valence-electron chi connectivity index (χ3n) is 6.93. The molecule has 0 aliphatic heterocycles. The fourth-order valence-corrected chi connectivity index (χ4v) is 7.26. The molecule has 0 fully saturated rings. The number of carbonyl (C=O) groups is 1. The Bertz CT molecular complexity index is 545. The Morgan fingerprint density at radius 1 is 1.00 bits per heavy atom. The van der Waals surface area contributed by atoms with Gasteiger partial charge in [0.05, 0.1) is 13.2 Å². The van der Waals surface area contributed by atoms with Crippen LogP contribution >= 0.6 is 0 Å². The van der Waals surface area contributed by atoms with Crippen LogP contribution in [0.3, 0.4) is 0 Å². The van der Waals surface area contributed by atoms with Gasteiger partial charge >= 0.3 is 0 Å². The summed E-state index contributed by atoms with van der Waals surface area (Å²) in [6.45, 7) is 13.7. The molecule has 0 aliphatic rings.